The Balaban J connectivity index is 1.32. The van der Waals surface area contributed by atoms with Crippen LogP contribution < -0.4 is 14.9 Å². The molecule has 1 aliphatic heterocycles. The van der Waals surface area contributed by atoms with E-state index in [1.54, 1.807) is 24.3 Å². The van der Waals surface area contributed by atoms with Crippen LogP contribution in [0.25, 0.3) is 0 Å². The van der Waals surface area contributed by atoms with Gasteiger partial charge in [0.15, 0.2) is 0 Å². The number of carbonyl (C=O) groups excluding carboxylic acids is 1. The van der Waals surface area contributed by atoms with Crippen LogP contribution in [-0.4, -0.2) is 34.0 Å². The van der Waals surface area contributed by atoms with Crippen LogP contribution in [0.3, 0.4) is 0 Å². The van der Waals surface area contributed by atoms with Gasteiger partial charge in [-0.05, 0) is 67.8 Å². The van der Waals surface area contributed by atoms with Gasteiger partial charge in [-0.2, -0.15) is 0 Å². The lowest BCUT2D eigenvalue weighted by Crippen LogP contribution is -2.31. The van der Waals surface area contributed by atoms with Crippen LogP contribution in [0.1, 0.15) is 22.3 Å². The van der Waals surface area contributed by atoms with E-state index in [9.17, 15) is 13.2 Å². The average Bonchev–Trinajstić information content (AvgIpc) is 3.29. The second-order valence-electron chi connectivity index (χ2n) is 8.14. The van der Waals surface area contributed by atoms with Crippen LogP contribution in [0, 0.1) is 12.8 Å². The number of amides is 1. The van der Waals surface area contributed by atoms with Crippen molar-refractivity contribution in [2.45, 2.75) is 18.2 Å². The fourth-order valence-electron chi connectivity index (χ4n) is 3.83. The van der Waals surface area contributed by atoms with Crippen molar-refractivity contribution < 1.29 is 13.2 Å². The summed E-state index contributed by atoms with van der Waals surface area (Å²) < 4.78 is 27.8. The molecule has 7 heteroatoms. The molecule has 1 saturated heterocycles. The van der Waals surface area contributed by atoms with Crippen molar-refractivity contribution in [3.63, 3.8) is 0 Å². The first-order valence-electron chi connectivity index (χ1n) is 10.7. The maximum atomic E-state index is 12.6. The highest BCUT2D eigenvalue weighted by Gasteiger charge is 2.23. The third kappa shape index (κ3) is 5.29. The third-order valence-electron chi connectivity index (χ3n) is 5.69. The summed E-state index contributed by atoms with van der Waals surface area (Å²) >= 11 is 0. The second kappa shape index (κ2) is 9.44. The topological polar surface area (TPSA) is 78.5 Å². The number of anilines is 2. The molecule has 6 nitrogen and oxygen atoms in total. The molecule has 32 heavy (non-hydrogen) atoms. The van der Waals surface area contributed by atoms with Crippen molar-refractivity contribution in [3.05, 3.63) is 90.0 Å². The summed E-state index contributed by atoms with van der Waals surface area (Å²) in [4.78, 5) is 15.0. The number of rotatable bonds is 7. The van der Waals surface area contributed by atoms with E-state index < -0.39 is 10.0 Å². The first kappa shape index (κ1) is 21.9. The van der Waals surface area contributed by atoms with Gasteiger partial charge >= 0.3 is 0 Å². The van der Waals surface area contributed by atoms with E-state index in [4.69, 9.17) is 0 Å². The van der Waals surface area contributed by atoms with Gasteiger partial charge in [-0.15, -0.1) is 0 Å². The van der Waals surface area contributed by atoms with Crippen molar-refractivity contribution in [3.8, 4) is 0 Å². The molecule has 1 amide bonds. The van der Waals surface area contributed by atoms with E-state index in [0.717, 1.165) is 25.1 Å². The molecule has 1 unspecified atom stereocenters. The lowest BCUT2D eigenvalue weighted by Gasteiger charge is -2.18. The maximum Gasteiger partial charge on any atom is 0.261 e. The van der Waals surface area contributed by atoms with Crippen molar-refractivity contribution in [1.29, 1.82) is 0 Å². The van der Waals surface area contributed by atoms with Crippen LogP contribution >= 0.6 is 0 Å². The molecule has 0 aromatic heterocycles. The van der Waals surface area contributed by atoms with Crippen LogP contribution in [0.4, 0.5) is 11.4 Å². The molecule has 0 spiro atoms. The molecule has 3 aromatic rings. The Morgan fingerprint density at radius 3 is 2.34 bits per heavy atom. The van der Waals surface area contributed by atoms with Crippen LogP contribution in [0.2, 0.25) is 0 Å². The summed E-state index contributed by atoms with van der Waals surface area (Å²) in [7, 11) is -3.71. The molecule has 0 radical (unpaired) electrons. The molecule has 1 heterocycles. The number of nitrogens with zero attached hydrogens (tertiary/aromatic N) is 1. The number of carbonyl (C=O) groups is 1. The first-order chi connectivity index (χ1) is 15.4. The van der Waals surface area contributed by atoms with Gasteiger partial charge in [0.1, 0.15) is 0 Å². The normalized spacial score (nSPS) is 16.0. The number of hydrogen-bond donors (Lipinski definition) is 2. The lowest BCUT2D eigenvalue weighted by molar-refractivity contribution is 0.0948. The smallest absolute Gasteiger partial charge is 0.261 e. The van der Waals surface area contributed by atoms with Gasteiger partial charge in [0.05, 0.1) is 4.90 Å². The summed E-state index contributed by atoms with van der Waals surface area (Å²) in [6.07, 6.45) is 1.02. The Labute approximate surface area is 189 Å². The minimum atomic E-state index is -3.71. The van der Waals surface area contributed by atoms with E-state index in [1.807, 2.05) is 37.3 Å². The van der Waals surface area contributed by atoms with E-state index in [-0.39, 0.29) is 10.8 Å². The fraction of sp³-hybridized carbons (Fsp3) is 0.240. The molecule has 1 atom stereocenters. The van der Waals surface area contributed by atoms with Gasteiger partial charge < -0.3 is 10.2 Å². The van der Waals surface area contributed by atoms with Gasteiger partial charge in [0.25, 0.3) is 15.9 Å². The van der Waals surface area contributed by atoms with Gasteiger partial charge in [0.2, 0.25) is 0 Å². The lowest BCUT2D eigenvalue weighted by atomic mass is 10.1. The highest BCUT2D eigenvalue weighted by atomic mass is 32.2. The largest absolute Gasteiger partial charge is 0.371 e. The Morgan fingerprint density at radius 2 is 1.66 bits per heavy atom. The maximum absolute atomic E-state index is 12.6. The fourth-order valence-corrected chi connectivity index (χ4v) is 4.89. The van der Waals surface area contributed by atoms with E-state index >= 15 is 0 Å². The molecule has 0 bridgehead atoms. The zero-order chi connectivity index (χ0) is 22.6. The molecule has 4 rings (SSSR count). The standard InChI is InChI=1S/C25H27N3O3S/c1-19-7-11-22(12-8-19)27-32(30,31)24-13-9-21(10-14-24)25(29)26-17-20-15-16-28(18-20)23-5-3-2-4-6-23/h2-14,20,27H,15-18H2,1H3,(H,26,29). The molecule has 0 aliphatic carbocycles. The highest BCUT2D eigenvalue weighted by Crippen LogP contribution is 2.23. The summed E-state index contributed by atoms with van der Waals surface area (Å²) in [5.41, 5.74) is 3.20. The second-order valence-corrected chi connectivity index (χ2v) is 9.82. The van der Waals surface area contributed by atoms with E-state index in [0.29, 0.717) is 23.7 Å². The summed E-state index contributed by atoms with van der Waals surface area (Å²) in [5, 5.41) is 2.99. The third-order valence-corrected chi connectivity index (χ3v) is 7.09. The molecule has 166 valence electrons. The number of sulfonamides is 1. The van der Waals surface area contributed by atoms with Crippen LogP contribution in [-0.2, 0) is 10.0 Å². The number of benzene rings is 3. The van der Waals surface area contributed by atoms with Gasteiger partial charge in [-0.25, -0.2) is 8.42 Å². The monoisotopic (exact) mass is 449 g/mol. The van der Waals surface area contributed by atoms with E-state index in [1.165, 1.54) is 17.8 Å². The zero-order valence-electron chi connectivity index (χ0n) is 18.0. The number of aryl methyl sites for hydroxylation is 1. The van der Waals surface area contributed by atoms with Crippen molar-refractivity contribution in [1.82, 2.24) is 5.32 Å². The number of para-hydroxylation sites is 1. The van der Waals surface area contributed by atoms with Crippen molar-refractivity contribution in [2.75, 3.05) is 29.3 Å². The molecule has 1 fully saturated rings. The molecular weight excluding hydrogens is 422 g/mol. The highest BCUT2D eigenvalue weighted by molar-refractivity contribution is 7.92. The Bertz CT molecular complexity index is 1160. The predicted octanol–water partition coefficient (Wildman–Crippen LogP) is 4.05. The Hall–Kier alpha value is -3.32. The average molecular weight is 450 g/mol. The molecular formula is C25H27N3O3S. The van der Waals surface area contributed by atoms with Crippen molar-refractivity contribution >= 4 is 27.3 Å². The zero-order valence-corrected chi connectivity index (χ0v) is 18.8. The number of nitrogens with one attached hydrogen (secondary N) is 2. The molecule has 1 aliphatic rings. The number of hydrogen-bond acceptors (Lipinski definition) is 4. The van der Waals surface area contributed by atoms with Crippen LogP contribution in [0.5, 0.6) is 0 Å². The summed E-state index contributed by atoms with van der Waals surface area (Å²) in [6, 6.07) is 23.4. The first-order valence-corrected chi connectivity index (χ1v) is 12.2. The Morgan fingerprint density at radius 1 is 0.969 bits per heavy atom. The van der Waals surface area contributed by atoms with E-state index in [2.05, 4.69) is 27.1 Å². The quantitative estimate of drug-likeness (QED) is 0.570. The minimum Gasteiger partial charge on any atom is -0.371 e. The SMILES string of the molecule is Cc1ccc(NS(=O)(=O)c2ccc(C(=O)NCC3CCN(c4ccccc4)C3)cc2)cc1. The summed E-state index contributed by atoms with van der Waals surface area (Å²) in [6.45, 7) is 4.42. The van der Waals surface area contributed by atoms with Crippen molar-refractivity contribution in [2.24, 2.45) is 5.92 Å². The van der Waals surface area contributed by atoms with Gasteiger partial charge in [0, 0.05) is 36.6 Å². The van der Waals surface area contributed by atoms with Gasteiger partial charge in [-0.1, -0.05) is 35.9 Å². The molecule has 2 N–H and O–H groups in total. The van der Waals surface area contributed by atoms with Gasteiger partial charge in [-0.3, -0.25) is 9.52 Å². The predicted molar refractivity (Wildman–Crippen MR) is 128 cm³/mol. The summed E-state index contributed by atoms with van der Waals surface area (Å²) in [5.74, 6) is 0.191. The Kier molecular flexibility index (Phi) is 6.46. The molecule has 3 aromatic carbocycles. The van der Waals surface area contributed by atoms with Crippen LogP contribution in [0.15, 0.2) is 83.8 Å². The molecule has 0 saturated carbocycles. The minimum absolute atomic E-state index is 0.115.